The van der Waals surface area contributed by atoms with Crippen LogP contribution in [0.1, 0.15) is 31.2 Å². The fraction of sp³-hybridized carbons (Fsp3) is 0.400. The zero-order valence-electron chi connectivity index (χ0n) is 15.9. The SMILES string of the molecule is CCCCOP(=O)(c1ccc(N(C)C)cc1)C(O)c1ccccc1OC. The first-order valence-electron chi connectivity index (χ1n) is 8.77. The molecule has 0 aliphatic heterocycles. The molecule has 0 fully saturated rings. The maximum absolute atomic E-state index is 13.8. The van der Waals surface area contributed by atoms with E-state index in [1.807, 2.05) is 44.1 Å². The van der Waals surface area contributed by atoms with Gasteiger partial charge in [-0.3, -0.25) is 4.57 Å². The van der Waals surface area contributed by atoms with E-state index in [1.165, 1.54) is 7.11 Å². The van der Waals surface area contributed by atoms with Crippen LogP contribution in [0.5, 0.6) is 5.75 Å². The largest absolute Gasteiger partial charge is 0.496 e. The number of hydrogen-bond donors (Lipinski definition) is 1. The van der Waals surface area contributed by atoms with E-state index in [0.29, 0.717) is 23.2 Å². The summed E-state index contributed by atoms with van der Waals surface area (Å²) < 4.78 is 24.9. The molecule has 2 rings (SSSR count). The van der Waals surface area contributed by atoms with E-state index in [1.54, 1.807) is 30.3 Å². The molecule has 2 unspecified atom stereocenters. The second kappa shape index (κ2) is 9.22. The van der Waals surface area contributed by atoms with Gasteiger partial charge in [-0.1, -0.05) is 31.5 Å². The lowest BCUT2D eigenvalue weighted by molar-refractivity contribution is 0.209. The van der Waals surface area contributed by atoms with Gasteiger partial charge in [0.1, 0.15) is 5.75 Å². The fourth-order valence-electron chi connectivity index (χ4n) is 2.65. The molecule has 0 radical (unpaired) electrons. The van der Waals surface area contributed by atoms with Crippen molar-refractivity contribution in [2.75, 3.05) is 32.7 Å². The third-order valence-corrected chi connectivity index (χ3v) is 6.75. The van der Waals surface area contributed by atoms with Crippen molar-refractivity contribution in [2.45, 2.75) is 25.6 Å². The zero-order chi connectivity index (χ0) is 19.2. The summed E-state index contributed by atoms with van der Waals surface area (Å²) in [5, 5.41) is 11.5. The summed E-state index contributed by atoms with van der Waals surface area (Å²) in [7, 11) is 1.86. The summed E-state index contributed by atoms with van der Waals surface area (Å²) in [6.07, 6.45) is 1.70. The van der Waals surface area contributed by atoms with Gasteiger partial charge in [0.25, 0.3) is 7.37 Å². The van der Waals surface area contributed by atoms with E-state index in [2.05, 4.69) is 0 Å². The van der Waals surface area contributed by atoms with E-state index in [9.17, 15) is 9.67 Å². The summed E-state index contributed by atoms with van der Waals surface area (Å²) in [6.45, 7) is 2.37. The monoisotopic (exact) mass is 377 g/mol. The number of ether oxygens (including phenoxy) is 1. The topological polar surface area (TPSA) is 59.0 Å². The van der Waals surface area contributed by atoms with Crippen molar-refractivity contribution in [2.24, 2.45) is 0 Å². The first-order valence-corrected chi connectivity index (χ1v) is 10.5. The van der Waals surface area contributed by atoms with Crippen LogP contribution < -0.4 is 14.9 Å². The van der Waals surface area contributed by atoms with Gasteiger partial charge in [0, 0.05) is 30.7 Å². The molecule has 2 aromatic rings. The molecule has 0 aromatic heterocycles. The summed E-state index contributed by atoms with van der Waals surface area (Å²) >= 11 is 0. The summed E-state index contributed by atoms with van der Waals surface area (Å²) in [5.41, 5.74) is 1.45. The van der Waals surface area contributed by atoms with Crippen molar-refractivity contribution in [3.05, 3.63) is 54.1 Å². The van der Waals surface area contributed by atoms with Gasteiger partial charge in [-0.05, 0) is 36.8 Å². The summed E-state index contributed by atoms with van der Waals surface area (Å²) in [4.78, 5) is 1.96. The zero-order valence-corrected chi connectivity index (χ0v) is 16.8. The molecular formula is C20H28NO4P. The molecule has 0 bridgehead atoms. The molecule has 0 heterocycles. The highest BCUT2D eigenvalue weighted by atomic mass is 31.2. The average molecular weight is 377 g/mol. The number of unbranched alkanes of at least 4 members (excludes halogenated alkanes) is 1. The molecule has 0 aliphatic carbocycles. The average Bonchev–Trinajstić information content (AvgIpc) is 2.67. The molecule has 0 saturated heterocycles. The highest BCUT2D eigenvalue weighted by molar-refractivity contribution is 7.67. The van der Waals surface area contributed by atoms with Crippen molar-refractivity contribution in [3.8, 4) is 5.75 Å². The number of para-hydroxylation sites is 1. The van der Waals surface area contributed by atoms with Gasteiger partial charge in [-0.15, -0.1) is 0 Å². The quantitative estimate of drug-likeness (QED) is 0.525. The molecular weight excluding hydrogens is 349 g/mol. The number of nitrogens with zero attached hydrogens (tertiary/aromatic N) is 1. The first kappa shape index (κ1) is 20.5. The van der Waals surface area contributed by atoms with E-state index in [0.717, 1.165) is 18.5 Å². The van der Waals surface area contributed by atoms with Gasteiger partial charge >= 0.3 is 0 Å². The van der Waals surface area contributed by atoms with Crippen LogP contribution in [-0.2, 0) is 9.09 Å². The number of aliphatic hydroxyl groups is 1. The van der Waals surface area contributed by atoms with E-state index in [4.69, 9.17) is 9.26 Å². The number of rotatable bonds is 9. The summed E-state index contributed by atoms with van der Waals surface area (Å²) in [5.74, 6) is -0.801. The van der Waals surface area contributed by atoms with Crippen molar-refractivity contribution in [3.63, 3.8) is 0 Å². The Morgan fingerprint density at radius 1 is 1.12 bits per heavy atom. The highest BCUT2D eigenvalue weighted by Crippen LogP contribution is 2.59. The number of benzene rings is 2. The molecule has 142 valence electrons. The third-order valence-electron chi connectivity index (χ3n) is 4.25. The molecule has 6 heteroatoms. The minimum absolute atomic E-state index is 0.329. The molecule has 0 spiro atoms. The Morgan fingerprint density at radius 2 is 1.77 bits per heavy atom. The van der Waals surface area contributed by atoms with Gasteiger partial charge < -0.3 is 19.3 Å². The summed E-state index contributed by atoms with van der Waals surface area (Å²) in [6, 6.07) is 14.3. The smallest absolute Gasteiger partial charge is 0.264 e. The second-order valence-electron chi connectivity index (χ2n) is 6.31. The normalized spacial score (nSPS) is 14.5. The van der Waals surface area contributed by atoms with E-state index < -0.39 is 13.2 Å². The molecule has 0 saturated carbocycles. The highest BCUT2D eigenvalue weighted by Gasteiger charge is 2.37. The van der Waals surface area contributed by atoms with E-state index >= 15 is 0 Å². The molecule has 26 heavy (non-hydrogen) atoms. The van der Waals surface area contributed by atoms with Crippen LogP contribution in [0.25, 0.3) is 0 Å². The minimum Gasteiger partial charge on any atom is -0.496 e. The van der Waals surface area contributed by atoms with Crippen LogP contribution in [-0.4, -0.2) is 32.9 Å². The van der Waals surface area contributed by atoms with Crippen molar-refractivity contribution >= 4 is 18.4 Å². The van der Waals surface area contributed by atoms with Crippen LogP contribution in [0.2, 0.25) is 0 Å². The number of methoxy groups -OCH3 is 1. The Morgan fingerprint density at radius 3 is 2.35 bits per heavy atom. The Hall–Kier alpha value is -1.81. The number of hydrogen-bond acceptors (Lipinski definition) is 5. The Kier molecular flexibility index (Phi) is 7.27. The van der Waals surface area contributed by atoms with Crippen molar-refractivity contribution in [1.82, 2.24) is 0 Å². The second-order valence-corrected chi connectivity index (χ2v) is 8.77. The lowest BCUT2D eigenvalue weighted by Crippen LogP contribution is -2.16. The first-order chi connectivity index (χ1) is 12.4. The van der Waals surface area contributed by atoms with Gasteiger partial charge in [0.2, 0.25) is 0 Å². The molecule has 0 aliphatic rings. The molecule has 0 amide bonds. The Balaban J connectivity index is 2.45. The molecule has 1 N–H and O–H groups in total. The van der Waals surface area contributed by atoms with Crippen LogP contribution in [0.15, 0.2) is 48.5 Å². The number of aliphatic hydroxyl groups excluding tert-OH is 1. The standard InChI is InChI=1S/C20H28NO4P/c1-5-6-15-25-26(23,17-13-11-16(12-14-17)21(2)3)20(22)18-9-7-8-10-19(18)24-4/h7-14,20,22H,5-6,15H2,1-4H3. The lowest BCUT2D eigenvalue weighted by Gasteiger charge is -2.26. The lowest BCUT2D eigenvalue weighted by atomic mass is 10.2. The van der Waals surface area contributed by atoms with Crippen LogP contribution in [0.3, 0.4) is 0 Å². The van der Waals surface area contributed by atoms with Gasteiger partial charge in [-0.2, -0.15) is 0 Å². The number of anilines is 1. The Bertz CT molecular complexity index is 746. The van der Waals surface area contributed by atoms with Crippen molar-refractivity contribution < 1.29 is 18.9 Å². The van der Waals surface area contributed by atoms with Crippen LogP contribution in [0.4, 0.5) is 5.69 Å². The van der Waals surface area contributed by atoms with Gasteiger partial charge in [0.05, 0.1) is 13.7 Å². The maximum Gasteiger partial charge on any atom is 0.264 e. The van der Waals surface area contributed by atoms with Crippen molar-refractivity contribution in [1.29, 1.82) is 0 Å². The van der Waals surface area contributed by atoms with Gasteiger partial charge in [0.15, 0.2) is 5.85 Å². The molecule has 2 atom stereocenters. The van der Waals surface area contributed by atoms with E-state index in [-0.39, 0.29) is 0 Å². The van der Waals surface area contributed by atoms with Crippen LogP contribution >= 0.6 is 7.37 Å². The predicted octanol–water partition coefficient (Wildman–Crippen LogP) is 4.17. The molecule has 2 aromatic carbocycles. The Labute approximate surface area is 156 Å². The third kappa shape index (κ3) is 4.47. The maximum atomic E-state index is 13.8. The predicted molar refractivity (Wildman–Crippen MR) is 107 cm³/mol. The minimum atomic E-state index is -3.55. The van der Waals surface area contributed by atoms with Crippen LogP contribution in [0, 0.1) is 0 Å². The molecule has 5 nitrogen and oxygen atoms in total. The van der Waals surface area contributed by atoms with Gasteiger partial charge in [-0.25, -0.2) is 0 Å². The fourth-order valence-corrected chi connectivity index (χ4v) is 4.77.